The predicted octanol–water partition coefficient (Wildman–Crippen LogP) is 0.967. The molecule has 0 saturated carbocycles. The molecule has 0 aliphatic heterocycles. The van der Waals surface area contributed by atoms with E-state index in [4.69, 9.17) is 5.73 Å². The Labute approximate surface area is 100 Å². The highest BCUT2D eigenvalue weighted by Gasteiger charge is 2.04. The molecule has 0 amide bonds. The van der Waals surface area contributed by atoms with E-state index in [0.29, 0.717) is 12.4 Å². The van der Waals surface area contributed by atoms with Crippen LogP contribution in [-0.4, -0.2) is 22.0 Å². The van der Waals surface area contributed by atoms with Gasteiger partial charge in [0.2, 0.25) is 0 Å². The van der Waals surface area contributed by atoms with Crippen molar-refractivity contribution in [2.75, 3.05) is 11.9 Å². The Balaban J connectivity index is 2.11. The summed E-state index contributed by atoms with van der Waals surface area (Å²) < 4.78 is 0. The molecular weight excluding hydrogens is 214 g/mol. The third-order valence-corrected chi connectivity index (χ3v) is 2.41. The van der Waals surface area contributed by atoms with E-state index in [9.17, 15) is 0 Å². The van der Waals surface area contributed by atoms with Crippen molar-refractivity contribution in [1.29, 1.82) is 0 Å². The fourth-order valence-electron chi connectivity index (χ4n) is 1.55. The molecule has 0 bridgehead atoms. The summed E-state index contributed by atoms with van der Waals surface area (Å²) in [5.41, 5.74) is 6.66. The van der Waals surface area contributed by atoms with Gasteiger partial charge < -0.3 is 10.6 Å². The summed E-state index contributed by atoms with van der Waals surface area (Å²) in [5, 5.41) is 0. The number of nitrogens with two attached hydrogens (primary N) is 1. The summed E-state index contributed by atoms with van der Waals surface area (Å²) in [7, 11) is 1.98. The van der Waals surface area contributed by atoms with Crippen LogP contribution in [0.1, 0.15) is 11.4 Å². The molecule has 0 atom stereocenters. The maximum absolute atomic E-state index is 5.52. The highest BCUT2D eigenvalue weighted by molar-refractivity contribution is 5.37. The Morgan fingerprint density at radius 2 is 2.18 bits per heavy atom. The van der Waals surface area contributed by atoms with Gasteiger partial charge in [0.25, 0.3) is 0 Å². The van der Waals surface area contributed by atoms with E-state index in [1.165, 1.54) is 0 Å². The Morgan fingerprint density at radius 1 is 1.29 bits per heavy atom. The zero-order valence-electron chi connectivity index (χ0n) is 9.74. The number of anilines is 1. The third kappa shape index (κ3) is 2.98. The van der Waals surface area contributed by atoms with Crippen molar-refractivity contribution in [3.05, 3.63) is 48.2 Å². The quantitative estimate of drug-likeness (QED) is 0.846. The van der Waals surface area contributed by atoms with Crippen LogP contribution in [0, 0.1) is 0 Å². The second-order valence-corrected chi connectivity index (χ2v) is 3.75. The van der Waals surface area contributed by atoms with Crippen molar-refractivity contribution < 1.29 is 0 Å². The van der Waals surface area contributed by atoms with Crippen LogP contribution in [-0.2, 0) is 13.1 Å². The van der Waals surface area contributed by atoms with Crippen LogP contribution in [0.5, 0.6) is 0 Å². The zero-order chi connectivity index (χ0) is 12.1. The largest absolute Gasteiger partial charge is 0.355 e. The summed E-state index contributed by atoms with van der Waals surface area (Å²) in [5.74, 6) is 1.52. The van der Waals surface area contributed by atoms with Crippen LogP contribution in [0.4, 0.5) is 5.82 Å². The molecule has 2 heterocycles. The van der Waals surface area contributed by atoms with Crippen LogP contribution >= 0.6 is 0 Å². The van der Waals surface area contributed by atoms with Gasteiger partial charge in [0, 0.05) is 32.2 Å². The van der Waals surface area contributed by atoms with Gasteiger partial charge in [-0.25, -0.2) is 9.97 Å². The smallest absolute Gasteiger partial charge is 0.144 e. The molecule has 0 saturated heterocycles. The molecule has 88 valence electrons. The van der Waals surface area contributed by atoms with E-state index in [0.717, 1.165) is 17.9 Å². The van der Waals surface area contributed by atoms with E-state index in [-0.39, 0.29) is 0 Å². The number of pyridine rings is 1. The van der Waals surface area contributed by atoms with Crippen molar-refractivity contribution in [1.82, 2.24) is 15.0 Å². The van der Waals surface area contributed by atoms with E-state index in [2.05, 4.69) is 15.0 Å². The normalized spacial score (nSPS) is 10.2. The minimum atomic E-state index is 0.356. The molecule has 17 heavy (non-hydrogen) atoms. The molecule has 5 nitrogen and oxygen atoms in total. The van der Waals surface area contributed by atoms with Gasteiger partial charge in [0.15, 0.2) is 0 Å². The maximum Gasteiger partial charge on any atom is 0.144 e. The topological polar surface area (TPSA) is 67.9 Å². The Bertz CT molecular complexity index is 471. The number of nitrogens with zero attached hydrogens (tertiary/aromatic N) is 4. The van der Waals surface area contributed by atoms with Gasteiger partial charge in [-0.2, -0.15) is 0 Å². The highest BCUT2D eigenvalue weighted by atomic mass is 15.2. The molecule has 0 aliphatic carbocycles. The Hall–Kier alpha value is -2.01. The lowest BCUT2D eigenvalue weighted by Gasteiger charge is -2.18. The molecule has 2 aromatic rings. The van der Waals surface area contributed by atoms with Gasteiger partial charge >= 0.3 is 0 Å². The summed E-state index contributed by atoms with van der Waals surface area (Å²) in [4.78, 5) is 14.6. The van der Waals surface area contributed by atoms with Crippen LogP contribution in [0.15, 0.2) is 36.8 Å². The first-order chi connectivity index (χ1) is 8.29. The predicted molar refractivity (Wildman–Crippen MR) is 66.3 cm³/mol. The first-order valence-electron chi connectivity index (χ1n) is 5.41. The van der Waals surface area contributed by atoms with Crippen LogP contribution < -0.4 is 10.6 Å². The maximum atomic E-state index is 5.52. The minimum absolute atomic E-state index is 0.356. The van der Waals surface area contributed by atoms with Gasteiger partial charge in [0.1, 0.15) is 11.6 Å². The van der Waals surface area contributed by atoms with E-state index < -0.39 is 0 Å². The molecule has 0 radical (unpaired) electrons. The molecule has 2 aromatic heterocycles. The second-order valence-electron chi connectivity index (χ2n) is 3.75. The molecule has 5 heteroatoms. The molecule has 2 N–H and O–H groups in total. The molecule has 0 aliphatic rings. The van der Waals surface area contributed by atoms with Crippen molar-refractivity contribution >= 4 is 5.82 Å². The summed E-state index contributed by atoms with van der Waals surface area (Å²) in [6.45, 7) is 1.11. The van der Waals surface area contributed by atoms with Crippen molar-refractivity contribution in [2.24, 2.45) is 5.73 Å². The second kappa shape index (κ2) is 5.36. The van der Waals surface area contributed by atoms with Crippen LogP contribution in [0.25, 0.3) is 0 Å². The lowest BCUT2D eigenvalue weighted by atomic mass is 10.3. The zero-order valence-corrected chi connectivity index (χ0v) is 9.74. The van der Waals surface area contributed by atoms with Gasteiger partial charge in [-0.3, -0.25) is 4.98 Å². The van der Waals surface area contributed by atoms with Crippen LogP contribution in [0.2, 0.25) is 0 Å². The minimum Gasteiger partial charge on any atom is -0.355 e. The van der Waals surface area contributed by atoms with Gasteiger partial charge in [-0.05, 0) is 17.7 Å². The first kappa shape index (κ1) is 11.5. The van der Waals surface area contributed by atoms with Gasteiger partial charge in [-0.1, -0.05) is 6.07 Å². The Morgan fingerprint density at radius 3 is 2.88 bits per heavy atom. The number of aromatic nitrogens is 3. The third-order valence-electron chi connectivity index (χ3n) is 2.41. The monoisotopic (exact) mass is 229 g/mol. The van der Waals surface area contributed by atoms with Gasteiger partial charge in [0.05, 0.1) is 6.54 Å². The number of hydrogen-bond acceptors (Lipinski definition) is 5. The van der Waals surface area contributed by atoms with Crippen molar-refractivity contribution in [2.45, 2.75) is 13.1 Å². The van der Waals surface area contributed by atoms with Crippen molar-refractivity contribution in [3.8, 4) is 0 Å². The molecule has 0 unspecified atom stereocenters. The fourth-order valence-corrected chi connectivity index (χ4v) is 1.55. The van der Waals surface area contributed by atoms with E-state index in [1.54, 1.807) is 12.4 Å². The average molecular weight is 229 g/mol. The van der Waals surface area contributed by atoms with Crippen molar-refractivity contribution in [3.63, 3.8) is 0 Å². The van der Waals surface area contributed by atoms with Gasteiger partial charge in [-0.15, -0.1) is 0 Å². The molecule has 0 fully saturated rings. The number of hydrogen-bond donors (Lipinski definition) is 1. The Kier molecular flexibility index (Phi) is 3.62. The standard InChI is InChI=1S/C12H15N5/c1-17(9-10-3-2-5-14-8-10)12-4-6-15-11(7-13)16-12/h2-6,8H,7,9,13H2,1H3. The molecular formula is C12H15N5. The SMILES string of the molecule is CN(Cc1cccnc1)c1ccnc(CN)n1. The first-order valence-corrected chi connectivity index (χ1v) is 5.41. The molecule has 0 aromatic carbocycles. The molecule has 2 rings (SSSR count). The van der Waals surface area contributed by atoms with E-state index >= 15 is 0 Å². The van der Waals surface area contributed by atoms with Crippen LogP contribution in [0.3, 0.4) is 0 Å². The molecule has 0 spiro atoms. The lowest BCUT2D eigenvalue weighted by Crippen LogP contribution is -2.19. The summed E-state index contributed by atoms with van der Waals surface area (Å²) in [6.07, 6.45) is 5.34. The number of rotatable bonds is 4. The fraction of sp³-hybridized carbons (Fsp3) is 0.250. The average Bonchev–Trinajstić information content (AvgIpc) is 2.40. The summed E-state index contributed by atoms with van der Waals surface area (Å²) in [6, 6.07) is 5.83. The van der Waals surface area contributed by atoms with E-state index in [1.807, 2.05) is 36.3 Å². The lowest BCUT2D eigenvalue weighted by molar-refractivity contribution is 0.846. The summed E-state index contributed by atoms with van der Waals surface area (Å²) >= 11 is 0. The highest BCUT2D eigenvalue weighted by Crippen LogP contribution is 2.11.